The normalized spacial score (nSPS) is 44.8. The van der Waals surface area contributed by atoms with Gasteiger partial charge in [0.2, 0.25) is 0 Å². The highest BCUT2D eigenvalue weighted by atomic mass is 16.5. The van der Waals surface area contributed by atoms with Crippen molar-refractivity contribution in [2.24, 2.45) is 33.5 Å². The Morgan fingerprint density at radius 1 is 1.02 bits per heavy atom. The van der Waals surface area contributed by atoms with Gasteiger partial charge in [-0.05, 0) is 93.5 Å². The number of aliphatic hydroxyl groups excluding tert-OH is 1. The van der Waals surface area contributed by atoms with Gasteiger partial charge >= 0.3 is 11.9 Å². The van der Waals surface area contributed by atoms with E-state index in [0.717, 1.165) is 12.0 Å². The number of cyclic esters (lactones) is 1. The Bertz CT molecular complexity index is 1130. The number of rotatable bonds is 4. The van der Waals surface area contributed by atoms with Gasteiger partial charge in [-0.2, -0.15) is 0 Å². The monoisotopic (exact) mass is 552 g/mol. The third-order valence-electron chi connectivity index (χ3n) is 13.1. The van der Waals surface area contributed by atoms with Crippen LogP contribution in [0.4, 0.5) is 0 Å². The van der Waals surface area contributed by atoms with Crippen molar-refractivity contribution in [2.45, 2.75) is 135 Å². The molecule has 220 valence electrons. The molecule has 1 spiro atoms. The molecule has 0 radical (unpaired) electrons. The highest BCUT2D eigenvalue weighted by molar-refractivity contribution is 5.85. The number of esters is 2. The summed E-state index contributed by atoms with van der Waals surface area (Å²) in [5, 5.41) is 25.1. The molecule has 6 heteroatoms. The second-order valence-electron chi connectivity index (χ2n) is 14.9. The van der Waals surface area contributed by atoms with Crippen molar-refractivity contribution in [3.05, 3.63) is 11.6 Å². The van der Waals surface area contributed by atoms with Gasteiger partial charge in [0.1, 0.15) is 12.7 Å². The fourth-order valence-corrected chi connectivity index (χ4v) is 10.8. The third-order valence-corrected chi connectivity index (χ3v) is 13.1. The predicted molar refractivity (Wildman–Crippen MR) is 151 cm³/mol. The standard InChI is InChI=1S/C34H48O6/c1-30-13-5-4-8-27(36)40-25(21-30)29-31(2,24-10-17-33(18-11-24)14-6-7-15-33)16-12-26(35)32(29,3)34(30,38)19-9-23-20-28(37)39-22-23/h20,24-26,29,35,38H,4,6-12,14-19,21-22H2,1-3H3/t25-,26-,29+,30+,31+,32+,34-/m1/s1. The van der Waals surface area contributed by atoms with Crippen LogP contribution in [0.5, 0.6) is 0 Å². The molecule has 6 rings (SSSR count). The van der Waals surface area contributed by atoms with E-state index in [9.17, 15) is 19.8 Å². The van der Waals surface area contributed by atoms with Crippen molar-refractivity contribution in [2.75, 3.05) is 6.61 Å². The molecule has 4 saturated carbocycles. The topological polar surface area (TPSA) is 93.1 Å². The quantitative estimate of drug-likeness (QED) is 0.347. The van der Waals surface area contributed by atoms with E-state index in [-0.39, 0.29) is 36.3 Å². The minimum absolute atomic E-state index is 0.179. The summed E-state index contributed by atoms with van der Waals surface area (Å²) in [6.07, 6.45) is 14.1. The molecule has 2 aliphatic heterocycles. The van der Waals surface area contributed by atoms with E-state index in [1.165, 1.54) is 57.4 Å². The lowest BCUT2D eigenvalue weighted by Gasteiger charge is -2.70. The maximum atomic E-state index is 13.1. The van der Waals surface area contributed by atoms with Crippen molar-refractivity contribution in [3.8, 4) is 11.8 Å². The smallest absolute Gasteiger partial charge is 0.331 e. The summed E-state index contributed by atoms with van der Waals surface area (Å²) in [6, 6.07) is 0. The molecule has 2 heterocycles. The lowest BCUT2D eigenvalue weighted by Crippen LogP contribution is -2.75. The van der Waals surface area contributed by atoms with E-state index in [1.807, 2.05) is 6.92 Å². The fraction of sp³-hybridized carbons (Fsp3) is 0.824. The van der Waals surface area contributed by atoms with Crippen LogP contribution in [-0.2, 0) is 19.1 Å². The summed E-state index contributed by atoms with van der Waals surface area (Å²) in [6.45, 7) is 6.69. The van der Waals surface area contributed by atoms with Crippen LogP contribution in [0.2, 0.25) is 0 Å². The van der Waals surface area contributed by atoms with Crippen LogP contribution >= 0.6 is 0 Å². The van der Waals surface area contributed by atoms with Gasteiger partial charge in [0.15, 0.2) is 0 Å². The van der Waals surface area contributed by atoms with Gasteiger partial charge in [-0.25, -0.2) is 4.79 Å². The molecule has 6 nitrogen and oxygen atoms in total. The van der Waals surface area contributed by atoms with Crippen molar-refractivity contribution in [1.82, 2.24) is 0 Å². The maximum absolute atomic E-state index is 13.1. The van der Waals surface area contributed by atoms with Gasteiger partial charge in [-0.1, -0.05) is 32.6 Å². The third kappa shape index (κ3) is 4.20. The number of hydrogen-bond acceptors (Lipinski definition) is 6. The van der Waals surface area contributed by atoms with Crippen molar-refractivity contribution >= 4 is 11.9 Å². The zero-order valence-electron chi connectivity index (χ0n) is 24.7. The summed E-state index contributed by atoms with van der Waals surface area (Å²) in [4.78, 5) is 24.8. The van der Waals surface area contributed by atoms with E-state index < -0.39 is 28.6 Å². The molecule has 0 unspecified atom stereocenters. The Morgan fingerprint density at radius 2 is 1.75 bits per heavy atom. The van der Waals surface area contributed by atoms with Crippen LogP contribution in [0.1, 0.15) is 117 Å². The van der Waals surface area contributed by atoms with Crippen LogP contribution in [0.3, 0.4) is 0 Å². The Hall–Kier alpha value is -1.84. The van der Waals surface area contributed by atoms with E-state index in [0.29, 0.717) is 43.4 Å². The van der Waals surface area contributed by atoms with Gasteiger partial charge in [0.25, 0.3) is 0 Å². The average Bonchev–Trinajstić information content (AvgIpc) is 3.56. The van der Waals surface area contributed by atoms with Crippen LogP contribution in [0, 0.1) is 45.3 Å². The number of carbonyl (C=O) groups is 2. The zero-order chi connectivity index (χ0) is 28.4. The number of ether oxygens (including phenoxy) is 2. The summed E-state index contributed by atoms with van der Waals surface area (Å²) < 4.78 is 11.5. The molecular weight excluding hydrogens is 504 g/mol. The first-order chi connectivity index (χ1) is 18.9. The highest BCUT2D eigenvalue weighted by Gasteiger charge is 2.74. The van der Waals surface area contributed by atoms with Gasteiger partial charge < -0.3 is 19.7 Å². The van der Waals surface area contributed by atoms with Gasteiger partial charge in [-0.3, -0.25) is 4.79 Å². The van der Waals surface area contributed by atoms with Gasteiger partial charge in [-0.15, -0.1) is 5.92 Å². The van der Waals surface area contributed by atoms with E-state index in [4.69, 9.17) is 9.47 Å². The molecule has 0 aromatic carbocycles. The second kappa shape index (κ2) is 9.87. The summed E-state index contributed by atoms with van der Waals surface area (Å²) in [5.41, 5.74) is -1.96. The minimum atomic E-state index is -1.35. The molecular formula is C34H48O6. The van der Waals surface area contributed by atoms with Crippen LogP contribution in [-0.4, -0.2) is 46.6 Å². The molecule has 4 fully saturated rings. The Balaban J connectivity index is 1.42. The van der Waals surface area contributed by atoms with E-state index >= 15 is 0 Å². The first kappa shape index (κ1) is 28.3. The lowest BCUT2D eigenvalue weighted by molar-refractivity contribution is -0.305. The van der Waals surface area contributed by atoms with Crippen molar-refractivity contribution in [1.29, 1.82) is 0 Å². The highest BCUT2D eigenvalue weighted by Crippen LogP contribution is 2.70. The molecule has 40 heavy (non-hydrogen) atoms. The Morgan fingerprint density at radius 3 is 2.42 bits per heavy atom. The molecule has 0 saturated heterocycles. The molecule has 4 aliphatic carbocycles. The lowest BCUT2D eigenvalue weighted by atomic mass is 9.37. The minimum Gasteiger partial charge on any atom is -0.462 e. The maximum Gasteiger partial charge on any atom is 0.331 e. The van der Waals surface area contributed by atoms with Gasteiger partial charge in [0, 0.05) is 30.3 Å². The summed E-state index contributed by atoms with van der Waals surface area (Å²) in [5.74, 6) is 6.33. The first-order valence-electron chi connectivity index (χ1n) is 15.9. The number of hydrogen-bond donors (Lipinski definition) is 2. The molecule has 6 aliphatic rings. The number of carbonyl (C=O) groups excluding carboxylic acids is 2. The summed E-state index contributed by atoms with van der Waals surface area (Å²) >= 11 is 0. The van der Waals surface area contributed by atoms with Crippen LogP contribution < -0.4 is 0 Å². The number of fused-ring (bicyclic) bond motifs is 4. The molecule has 0 aromatic heterocycles. The van der Waals surface area contributed by atoms with E-state index in [1.54, 1.807) is 0 Å². The molecule has 0 aromatic rings. The van der Waals surface area contributed by atoms with Crippen molar-refractivity contribution < 1.29 is 29.3 Å². The predicted octanol–water partition coefficient (Wildman–Crippen LogP) is 5.63. The molecule has 7 atom stereocenters. The Kier molecular flexibility index (Phi) is 6.98. The number of aliphatic hydroxyl groups is 2. The van der Waals surface area contributed by atoms with Gasteiger partial charge in [0.05, 0.1) is 23.5 Å². The van der Waals surface area contributed by atoms with E-state index in [2.05, 4.69) is 25.7 Å². The van der Waals surface area contributed by atoms with Crippen LogP contribution in [0.25, 0.3) is 0 Å². The SMILES string of the molecule is C[C@]12[C@H](O)CC[C@@](C)(C3CCC4(CCCC4)CC3)[C@@H]1[C@H]1C[C@](C)(C#CCCC(=O)O1)[C@]2(O)CCC1=CC(=O)OC1. The zero-order valence-corrected chi connectivity index (χ0v) is 24.7. The summed E-state index contributed by atoms with van der Waals surface area (Å²) in [7, 11) is 0. The molecule has 2 N–H and O–H groups in total. The first-order valence-corrected chi connectivity index (χ1v) is 15.9. The average molecular weight is 553 g/mol. The fourth-order valence-electron chi connectivity index (χ4n) is 10.8. The molecule has 0 amide bonds. The Labute approximate surface area is 239 Å². The van der Waals surface area contributed by atoms with Crippen LogP contribution in [0.15, 0.2) is 11.6 Å². The second-order valence-corrected chi connectivity index (χ2v) is 14.9. The largest absolute Gasteiger partial charge is 0.462 e. The van der Waals surface area contributed by atoms with Crippen molar-refractivity contribution in [3.63, 3.8) is 0 Å². The molecule has 2 bridgehead atoms.